The van der Waals surface area contributed by atoms with Crippen LogP contribution in [0, 0.1) is 11.8 Å². The van der Waals surface area contributed by atoms with E-state index in [2.05, 4.69) is 54.9 Å². The van der Waals surface area contributed by atoms with Crippen molar-refractivity contribution in [3.8, 4) is 0 Å². The number of amides is 1. The Morgan fingerprint density at radius 1 is 1.32 bits per heavy atom. The van der Waals surface area contributed by atoms with Crippen LogP contribution in [0.15, 0.2) is 18.2 Å². The van der Waals surface area contributed by atoms with Gasteiger partial charge in [-0.15, -0.1) is 0 Å². The van der Waals surface area contributed by atoms with Crippen LogP contribution in [0.1, 0.15) is 52.2 Å². The number of halogens is 1. The molecule has 2 rings (SSSR count). The van der Waals surface area contributed by atoms with E-state index >= 15 is 0 Å². The zero-order valence-electron chi connectivity index (χ0n) is 14.4. The molecule has 0 radical (unpaired) electrons. The molecule has 2 nitrogen and oxygen atoms in total. The Labute approximate surface area is 143 Å². The smallest absolute Gasteiger partial charge is 0.229 e. The number of hydrogen-bond acceptors (Lipinski definition) is 1. The van der Waals surface area contributed by atoms with E-state index in [0.29, 0.717) is 10.7 Å². The second-order valence-corrected chi connectivity index (χ2v) is 8.61. The SMILES string of the molecule is CC(C)CC(Br)Cc1ccc2c(c1)CC(C)N2C(=O)C(C)C. The summed E-state index contributed by atoms with van der Waals surface area (Å²) in [6.07, 6.45) is 3.21. The first-order valence-corrected chi connectivity index (χ1v) is 9.30. The Hall–Kier alpha value is -0.830. The first-order chi connectivity index (χ1) is 10.3. The molecule has 3 heteroatoms. The highest BCUT2D eigenvalue weighted by atomic mass is 79.9. The summed E-state index contributed by atoms with van der Waals surface area (Å²) in [6, 6.07) is 6.90. The molecule has 1 amide bonds. The van der Waals surface area contributed by atoms with Crippen molar-refractivity contribution in [1.29, 1.82) is 0 Å². The lowest BCUT2D eigenvalue weighted by Crippen LogP contribution is -2.38. The highest BCUT2D eigenvalue weighted by Crippen LogP contribution is 2.34. The summed E-state index contributed by atoms with van der Waals surface area (Å²) in [4.78, 5) is 14.9. The van der Waals surface area contributed by atoms with Crippen molar-refractivity contribution in [3.05, 3.63) is 29.3 Å². The number of carbonyl (C=O) groups excluding carboxylic acids is 1. The molecule has 0 saturated carbocycles. The molecule has 0 fully saturated rings. The molecule has 122 valence electrons. The average Bonchev–Trinajstić information content (AvgIpc) is 2.71. The molecule has 22 heavy (non-hydrogen) atoms. The zero-order valence-corrected chi connectivity index (χ0v) is 16.0. The van der Waals surface area contributed by atoms with E-state index in [-0.39, 0.29) is 17.9 Å². The first-order valence-electron chi connectivity index (χ1n) is 8.38. The average molecular weight is 366 g/mol. The highest BCUT2D eigenvalue weighted by molar-refractivity contribution is 9.09. The van der Waals surface area contributed by atoms with Crippen molar-refractivity contribution in [1.82, 2.24) is 0 Å². The second kappa shape index (κ2) is 7.16. The summed E-state index contributed by atoms with van der Waals surface area (Å²) in [5, 5.41) is 0. The van der Waals surface area contributed by atoms with Crippen LogP contribution in [-0.2, 0) is 17.6 Å². The molecule has 0 N–H and O–H groups in total. The van der Waals surface area contributed by atoms with Crippen molar-refractivity contribution in [2.24, 2.45) is 11.8 Å². The molecule has 0 spiro atoms. The van der Waals surface area contributed by atoms with Gasteiger partial charge in [-0.2, -0.15) is 0 Å². The molecule has 1 aromatic rings. The summed E-state index contributed by atoms with van der Waals surface area (Å²) >= 11 is 3.80. The Morgan fingerprint density at radius 2 is 2.00 bits per heavy atom. The molecule has 1 aliphatic rings. The van der Waals surface area contributed by atoms with Crippen molar-refractivity contribution in [2.45, 2.75) is 64.8 Å². The number of benzene rings is 1. The Morgan fingerprint density at radius 3 is 2.59 bits per heavy atom. The standard InChI is InChI=1S/C19H28BrNO/c1-12(2)8-17(20)11-15-6-7-18-16(10-15)9-14(5)21(18)19(22)13(3)4/h6-7,10,12-14,17H,8-9,11H2,1-5H3. The van der Waals surface area contributed by atoms with Crippen LogP contribution in [-0.4, -0.2) is 16.8 Å². The van der Waals surface area contributed by atoms with Crippen molar-refractivity contribution in [3.63, 3.8) is 0 Å². The number of carbonyl (C=O) groups is 1. The van der Waals surface area contributed by atoms with Crippen LogP contribution in [0.3, 0.4) is 0 Å². The molecule has 1 heterocycles. The number of nitrogens with zero attached hydrogens (tertiary/aromatic N) is 1. The Balaban J connectivity index is 2.16. The molecule has 2 atom stereocenters. The van der Waals surface area contributed by atoms with Gasteiger partial charge in [-0.05, 0) is 49.3 Å². The maximum absolute atomic E-state index is 12.4. The lowest BCUT2D eigenvalue weighted by Gasteiger charge is -2.24. The van der Waals surface area contributed by atoms with Gasteiger partial charge in [0.05, 0.1) is 0 Å². The lowest BCUT2D eigenvalue weighted by atomic mass is 10.00. The normalized spacial score (nSPS) is 18.9. The van der Waals surface area contributed by atoms with E-state index in [9.17, 15) is 4.79 Å². The first kappa shape index (κ1) is 17.5. The maximum atomic E-state index is 12.4. The molecular weight excluding hydrogens is 338 g/mol. The van der Waals surface area contributed by atoms with Gasteiger partial charge in [-0.3, -0.25) is 4.79 Å². The molecule has 0 saturated heterocycles. The minimum atomic E-state index is 0.0473. The predicted molar refractivity (Wildman–Crippen MR) is 97.8 cm³/mol. The molecule has 1 aliphatic heterocycles. The number of fused-ring (bicyclic) bond motifs is 1. The van der Waals surface area contributed by atoms with E-state index < -0.39 is 0 Å². The van der Waals surface area contributed by atoms with E-state index in [1.165, 1.54) is 17.5 Å². The van der Waals surface area contributed by atoms with E-state index in [1.54, 1.807) is 0 Å². The summed E-state index contributed by atoms with van der Waals surface area (Å²) in [5.41, 5.74) is 3.81. The van der Waals surface area contributed by atoms with Gasteiger partial charge < -0.3 is 4.90 Å². The van der Waals surface area contributed by atoms with Gasteiger partial charge in [0.15, 0.2) is 0 Å². The minimum absolute atomic E-state index is 0.0473. The fraction of sp³-hybridized carbons (Fsp3) is 0.632. The van der Waals surface area contributed by atoms with Gasteiger partial charge in [0.25, 0.3) is 0 Å². The number of alkyl halides is 1. The third kappa shape index (κ3) is 3.92. The third-order valence-electron chi connectivity index (χ3n) is 4.28. The van der Waals surface area contributed by atoms with E-state index in [4.69, 9.17) is 0 Å². The van der Waals surface area contributed by atoms with Crippen LogP contribution < -0.4 is 4.90 Å². The molecule has 0 aliphatic carbocycles. The monoisotopic (exact) mass is 365 g/mol. The summed E-state index contributed by atoms with van der Waals surface area (Å²) in [6.45, 7) is 10.6. The molecular formula is C19H28BrNO. The molecule has 1 aromatic carbocycles. The molecule has 0 aromatic heterocycles. The number of hydrogen-bond donors (Lipinski definition) is 0. The van der Waals surface area contributed by atoms with Gasteiger partial charge in [-0.1, -0.05) is 55.8 Å². The lowest BCUT2D eigenvalue weighted by molar-refractivity contribution is -0.121. The van der Waals surface area contributed by atoms with Crippen LogP contribution in [0.5, 0.6) is 0 Å². The Bertz CT molecular complexity index is 538. The van der Waals surface area contributed by atoms with Gasteiger partial charge >= 0.3 is 0 Å². The predicted octanol–water partition coefficient (Wildman–Crippen LogP) is 4.97. The number of anilines is 1. The zero-order chi connectivity index (χ0) is 16.4. The fourth-order valence-corrected chi connectivity index (χ4v) is 4.40. The summed E-state index contributed by atoms with van der Waals surface area (Å²) in [5.74, 6) is 0.987. The molecule has 0 bridgehead atoms. The van der Waals surface area contributed by atoms with Crippen molar-refractivity contribution in [2.75, 3.05) is 4.90 Å². The van der Waals surface area contributed by atoms with Crippen molar-refractivity contribution < 1.29 is 4.79 Å². The van der Waals surface area contributed by atoms with Crippen LogP contribution in [0.25, 0.3) is 0 Å². The summed E-state index contributed by atoms with van der Waals surface area (Å²) in [7, 11) is 0. The number of rotatable bonds is 5. The maximum Gasteiger partial charge on any atom is 0.229 e. The van der Waals surface area contributed by atoms with Crippen molar-refractivity contribution >= 4 is 27.5 Å². The highest BCUT2D eigenvalue weighted by Gasteiger charge is 2.32. The van der Waals surface area contributed by atoms with Gasteiger partial charge in [0.1, 0.15) is 0 Å². The summed E-state index contributed by atoms with van der Waals surface area (Å²) < 4.78 is 0. The van der Waals surface area contributed by atoms with Crippen LogP contribution >= 0.6 is 15.9 Å². The van der Waals surface area contributed by atoms with Gasteiger partial charge in [-0.25, -0.2) is 0 Å². The fourth-order valence-electron chi connectivity index (χ4n) is 3.28. The minimum Gasteiger partial charge on any atom is -0.309 e. The topological polar surface area (TPSA) is 20.3 Å². The second-order valence-electron chi connectivity index (χ2n) is 7.31. The Kier molecular flexibility index (Phi) is 5.70. The third-order valence-corrected chi connectivity index (χ3v) is 4.97. The van der Waals surface area contributed by atoms with Crippen LogP contribution in [0.2, 0.25) is 0 Å². The van der Waals surface area contributed by atoms with Crippen LogP contribution in [0.4, 0.5) is 5.69 Å². The van der Waals surface area contributed by atoms with Gasteiger partial charge in [0.2, 0.25) is 5.91 Å². The van der Waals surface area contributed by atoms with E-state index in [0.717, 1.165) is 18.5 Å². The molecule has 2 unspecified atom stereocenters. The largest absolute Gasteiger partial charge is 0.309 e. The van der Waals surface area contributed by atoms with E-state index in [1.807, 2.05) is 18.7 Å². The van der Waals surface area contributed by atoms with Gasteiger partial charge in [0, 0.05) is 22.5 Å². The quantitative estimate of drug-likeness (QED) is 0.674.